The SMILES string of the molecule is Cc1cnc(-c2ccc3c(F)c(C#CC(F)(F)F)c(F)cc3c2)nc1. The van der Waals surface area contributed by atoms with Crippen LogP contribution in [-0.2, 0) is 0 Å². The van der Waals surface area contributed by atoms with Gasteiger partial charge in [-0.15, -0.1) is 0 Å². The van der Waals surface area contributed by atoms with Crippen LogP contribution in [0.15, 0.2) is 36.7 Å². The molecule has 1 aromatic heterocycles. The largest absolute Gasteiger partial charge is 0.458 e. The van der Waals surface area contributed by atoms with Crippen molar-refractivity contribution in [2.75, 3.05) is 0 Å². The lowest BCUT2D eigenvalue weighted by Gasteiger charge is -2.06. The number of halogens is 5. The average molecular weight is 348 g/mol. The van der Waals surface area contributed by atoms with Gasteiger partial charge in [0.05, 0.1) is 5.56 Å². The Hall–Kier alpha value is -3.01. The Morgan fingerprint density at radius 2 is 1.68 bits per heavy atom. The van der Waals surface area contributed by atoms with E-state index in [1.165, 1.54) is 24.1 Å². The summed E-state index contributed by atoms with van der Waals surface area (Å²) < 4.78 is 64.8. The van der Waals surface area contributed by atoms with Gasteiger partial charge in [0.2, 0.25) is 0 Å². The van der Waals surface area contributed by atoms with E-state index >= 15 is 0 Å². The van der Waals surface area contributed by atoms with Gasteiger partial charge in [0, 0.05) is 29.3 Å². The Labute approximate surface area is 139 Å². The van der Waals surface area contributed by atoms with Gasteiger partial charge in [0.15, 0.2) is 5.82 Å². The smallest absolute Gasteiger partial charge is 0.236 e. The van der Waals surface area contributed by atoms with E-state index in [9.17, 15) is 22.0 Å². The minimum Gasteiger partial charge on any atom is -0.236 e. The summed E-state index contributed by atoms with van der Waals surface area (Å²) in [6.45, 7) is 1.82. The Morgan fingerprint density at radius 3 is 2.32 bits per heavy atom. The molecule has 0 saturated heterocycles. The fraction of sp³-hybridized carbons (Fsp3) is 0.111. The highest BCUT2D eigenvalue weighted by Gasteiger charge is 2.24. The third-order valence-corrected chi connectivity index (χ3v) is 3.40. The second kappa shape index (κ2) is 6.13. The Kier molecular flexibility index (Phi) is 4.13. The molecule has 7 heteroatoms. The van der Waals surface area contributed by atoms with Crippen LogP contribution in [0.4, 0.5) is 22.0 Å². The molecule has 0 aliphatic carbocycles. The molecule has 0 bridgehead atoms. The van der Waals surface area contributed by atoms with E-state index in [2.05, 4.69) is 9.97 Å². The van der Waals surface area contributed by atoms with Gasteiger partial charge in [0.1, 0.15) is 11.6 Å². The number of aromatic nitrogens is 2. The molecule has 126 valence electrons. The molecule has 0 aliphatic heterocycles. The normalized spacial score (nSPS) is 11.3. The summed E-state index contributed by atoms with van der Waals surface area (Å²) in [7, 11) is 0. The van der Waals surface area contributed by atoms with Crippen LogP contribution < -0.4 is 0 Å². The second-order valence-electron chi connectivity index (χ2n) is 5.32. The maximum atomic E-state index is 14.4. The fourth-order valence-corrected chi connectivity index (χ4v) is 2.26. The molecule has 0 saturated carbocycles. The van der Waals surface area contributed by atoms with Crippen LogP contribution in [-0.4, -0.2) is 16.1 Å². The topological polar surface area (TPSA) is 25.8 Å². The van der Waals surface area contributed by atoms with Crippen LogP contribution in [0.3, 0.4) is 0 Å². The van der Waals surface area contributed by atoms with E-state index in [0.29, 0.717) is 11.4 Å². The van der Waals surface area contributed by atoms with Gasteiger partial charge in [-0.05, 0) is 30.0 Å². The number of hydrogen-bond acceptors (Lipinski definition) is 2. The summed E-state index contributed by atoms with van der Waals surface area (Å²) in [5, 5.41) is 0.137. The maximum Gasteiger partial charge on any atom is 0.458 e. The van der Waals surface area contributed by atoms with E-state index in [4.69, 9.17) is 0 Å². The molecule has 25 heavy (non-hydrogen) atoms. The minimum atomic E-state index is -4.83. The van der Waals surface area contributed by atoms with E-state index in [-0.39, 0.29) is 10.8 Å². The first kappa shape index (κ1) is 16.8. The number of alkyl halides is 3. The lowest BCUT2D eigenvalue weighted by molar-refractivity contribution is -0.0696. The predicted octanol–water partition coefficient (Wildman–Crippen LogP) is 4.80. The molecule has 0 atom stereocenters. The predicted molar refractivity (Wildman–Crippen MR) is 82.6 cm³/mol. The van der Waals surface area contributed by atoms with Crippen molar-refractivity contribution in [2.24, 2.45) is 0 Å². The van der Waals surface area contributed by atoms with Crippen molar-refractivity contribution in [3.05, 3.63) is 59.4 Å². The van der Waals surface area contributed by atoms with Crippen molar-refractivity contribution < 1.29 is 22.0 Å². The lowest BCUT2D eigenvalue weighted by Crippen LogP contribution is -2.02. The van der Waals surface area contributed by atoms with Crippen molar-refractivity contribution in [3.8, 4) is 23.2 Å². The van der Waals surface area contributed by atoms with E-state index in [1.54, 1.807) is 12.4 Å². The van der Waals surface area contributed by atoms with Crippen LogP contribution in [0.25, 0.3) is 22.2 Å². The maximum absolute atomic E-state index is 14.4. The van der Waals surface area contributed by atoms with Crippen LogP contribution in [0, 0.1) is 30.4 Å². The number of rotatable bonds is 1. The monoisotopic (exact) mass is 348 g/mol. The summed E-state index contributed by atoms with van der Waals surface area (Å²) in [5.74, 6) is 0.464. The highest BCUT2D eigenvalue weighted by molar-refractivity contribution is 5.88. The Morgan fingerprint density at radius 1 is 1.00 bits per heavy atom. The van der Waals surface area contributed by atoms with Gasteiger partial charge in [-0.25, -0.2) is 18.7 Å². The first-order chi connectivity index (χ1) is 11.7. The van der Waals surface area contributed by atoms with Crippen molar-refractivity contribution in [1.29, 1.82) is 0 Å². The number of benzene rings is 2. The van der Waals surface area contributed by atoms with Crippen molar-refractivity contribution in [1.82, 2.24) is 9.97 Å². The van der Waals surface area contributed by atoms with Gasteiger partial charge < -0.3 is 0 Å². The van der Waals surface area contributed by atoms with Gasteiger partial charge in [0.25, 0.3) is 0 Å². The Balaban J connectivity index is 2.13. The van der Waals surface area contributed by atoms with Gasteiger partial charge in [-0.2, -0.15) is 13.2 Å². The Bertz CT molecular complexity index is 1010. The minimum absolute atomic E-state index is 0.0382. The highest BCUT2D eigenvalue weighted by atomic mass is 19.4. The molecule has 0 spiro atoms. The quantitative estimate of drug-likeness (QED) is 0.466. The number of hydrogen-bond donors (Lipinski definition) is 0. The van der Waals surface area contributed by atoms with Crippen LogP contribution in [0.5, 0.6) is 0 Å². The van der Waals surface area contributed by atoms with Crippen LogP contribution in [0.2, 0.25) is 0 Å². The second-order valence-corrected chi connectivity index (χ2v) is 5.32. The summed E-state index contributed by atoms with van der Waals surface area (Å²) in [6.07, 6.45) is -1.63. The molecule has 0 N–H and O–H groups in total. The molecule has 2 aromatic carbocycles. The third-order valence-electron chi connectivity index (χ3n) is 3.40. The molecule has 1 heterocycles. The standard InChI is InChI=1S/C18H9F5N2/c1-10-8-24-17(25-9-10)11-2-3-13-12(6-11)7-15(19)14(16(13)20)4-5-18(21,22)23/h2-3,6-9H,1H3. The van der Waals surface area contributed by atoms with Gasteiger partial charge in [-0.1, -0.05) is 18.1 Å². The molecule has 0 unspecified atom stereocenters. The van der Waals surface area contributed by atoms with E-state index in [1.807, 2.05) is 6.92 Å². The number of aryl methyl sites for hydroxylation is 1. The van der Waals surface area contributed by atoms with Crippen molar-refractivity contribution >= 4 is 10.8 Å². The van der Waals surface area contributed by atoms with E-state index < -0.39 is 23.4 Å². The summed E-state index contributed by atoms with van der Waals surface area (Å²) in [5.41, 5.74) is 0.471. The first-order valence-electron chi connectivity index (χ1n) is 7.05. The molecule has 3 aromatic rings. The average Bonchev–Trinajstić information content (AvgIpc) is 2.53. The molecule has 0 aliphatic rings. The summed E-state index contributed by atoms with van der Waals surface area (Å²) in [4.78, 5) is 8.26. The molecule has 2 nitrogen and oxygen atoms in total. The zero-order valence-corrected chi connectivity index (χ0v) is 12.7. The van der Waals surface area contributed by atoms with Gasteiger partial charge >= 0.3 is 6.18 Å². The molecule has 3 rings (SSSR count). The highest BCUT2D eigenvalue weighted by Crippen LogP contribution is 2.27. The number of nitrogens with zero attached hydrogens (tertiary/aromatic N) is 2. The first-order valence-corrected chi connectivity index (χ1v) is 7.05. The zero-order valence-electron chi connectivity index (χ0n) is 12.7. The molecule has 0 radical (unpaired) electrons. The molecule has 0 amide bonds. The van der Waals surface area contributed by atoms with E-state index in [0.717, 1.165) is 17.6 Å². The molecular formula is C18H9F5N2. The number of fused-ring (bicyclic) bond motifs is 1. The zero-order chi connectivity index (χ0) is 18.2. The summed E-state index contributed by atoms with van der Waals surface area (Å²) >= 11 is 0. The van der Waals surface area contributed by atoms with Gasteiger partial charge in [-0.3, -0.25) is 0 Å². The molecular weight excluding hydrogens is 339 g/mol. The van der Waals surface area contributed by atoms with Crippen molar-refractivity contribution in [3.63, 3.8) is 0 Å². The summed E-state index contributed by atoms with van der Waals surface area (Å²) in [6, 6.07) is 5.25. The van der Waals surface area contributed by atoms with Crippen LogP contribution in [0.1, 0.15) is 11.1 Å². The van der Waals surface area contributed by atoms with Crippen molar-refractivity contribution in [2.45, 2.75) is 13.1 Å². The lowest BCUT2D eigenvalue weighted by atomic mass is 10.0. The molecule has 0 fully saturated rings. The third kappa shape index (κ3) is 3.58. The van der Waals surface area contributed by atoms with Crippen LogP contribution >= 0.6 is 0 Å². The fourth-order valence-electron chi connectivity index (χ4n) is 2.26.